The van der Waals surface area contributed by atoms with Gasteiger partial charge < -0.3 is 34.1 Å². The van der Waals surface area contributed by atoms with Crippen LogP contribution in [0.15, 0.2) is 30.3 Å². The number of esters is 1. The number of alkyl carbamates (subject to hydrolysis) is 2. The maximum atomic E-state index is 13.5. The van der Waals surface area contributed by atoms with Crippen LogP contribution in [0.2, 0.25) is 0 Å². The van der Waals surface area contributed by atoms with Gasteiger partial charge >= 0.3 is 18.2 Å². The molecule has 216 valence electrons. The van der Waals surface area contributed by atoms with E-state index < -0.39 is 43.1 Å². The van der Waals surface area contributed by atoms with Gasteiger partial charge in [0, 0.05) is 13.7 Å². The van der Waals surface area contributed by atoms with Gasteiger partial charge in [-0.05, 0) is 52.5 Å². The number of hydrogen-bond acceptors (Lipinski definition) is 9. The summed E-state index contributed by atoms with van der Waals surface area (Å²) in [4.78, 5) is 36.4. The highest BCUT2D eigenvalue weighted by Gasteiger charge is 2.32. The minimum atomic E-state index is -3.55. The van der Waals surface area contributed by atoms with Gasteiger partial charge in [0.15, 0.2) is 0 Å². The van der Waals surface area contributed by atoms with Crippen LogP contribution in [0, 0.1) is 0 Å². The largest absolute Gasteiger partial charge is 0.467 e. The summed E-state index contributed by atoms with van der Waals surface area (Å²) < 4.78 is 39.3. The molecule has 0 radical (unpaired) electrons. The summed E-state index contributed by atoms with van der Waals surface area (Å²) in [5.41, 5.74) is 0.108. The first-order chi connectivity index (χ1) is 17.9. The lowest BCUT2D eigenvalue weighted by molar-refractivity contribution is -0.143. The molecule has 38 heavy (non-hydrogen) atoms. The molecule has 0 bridgehead atoms. The van der Waals surface area contributed by atoms with Gasteiger partial charge in [0.05, 0.1) is 20.3 Å². The number of carbonyl (C=O) groups is 3. The van der Waals surface area contributed by atoms with Gasteiger partial charge in [0.2, 0.25) is 0 Å². The topological polar surface area (TPSA) is 151 Å². The molecule has 0 aliphatic rings. The van der Waals surface area contributed by atoms with Crippen molar-refractivity contribution >= 4 is 25.7 Å². The highest BCUT2D eigenvalue weighted by atomic mass is 31.2. The van der Waals surface area contributed by atoms with Crippen molar-refractivity contribution in [1.82, 2.24) is 15.7 Å². The second kappa shape index (κ2) is 17.0. The number of methoxy groups -OCH3 is 2. The lowest BCUT2D eigenvalue weighted by Crippen LogP contribution is -2.44. The summed E-state index contributed by atoms with van der Waals surface area (Å²) in [7, 11) is -0.818. The van der Waals surface area contributed by atoms with E-state index in [-0.39, 0.29) is 32.8 Å². The fraction of sp³-hybridized carbons (Fsp3) is 0.640. The van der Waals surface area contributed by atoms with Gasteiger partial charge in [-0.1, -0.05) is 30.3 Å². The van der Waals surface area contributed by atoms with Crippen molar-refractivity contribution < 1.29 is 42.4 Å². The molecule has 1 rings (SSSR count). The highest BCUT2D eigenvalue weighted by molar-refractivity contribution is 7.57. The summed E-state index contributed by atoms with van der Waals surface area (Å²) in [5, 5.41) is 7.98. The minimum absolute atomic E-state index is 0.0517. The molecule has 2 unspecified atom stereocenters. The van der Waals surface area contributed by atoms with E-state index in [4.69, 9.17) is 23.5 Å². The Morgan fingerprint density at radius 1 is 0.974 bits per heavy atom. The molecule has 0 aliphatic carbocycles. The van der Waals surface area contributed by atoms with E-state index in [1.165, 1.54) is 14.2 Å². The number of hydrogen-bond donors (Lipinski definition) is 3. The Balaban J connectivity index is 2.62. The van der Waals surface area contributed by atoms with Crippen LogP contribution < -0.4 is 15.7 Å². The second-order valence-corrected chi connectivity index (χ2v) is 12.0. The fourth-order valence-electron chi connectivity index (χ4n) is 3.12. The van der Waals surface area contributed by atoms with E-state index in [1.54, 1.807) is 27.7 Å². The Morgan fingerprint density at radius 3 is 2.26 bits per heavy atom. The van der Waals surface area contributed by atoms with Crippen molar-refractivity contribution in [2.75, 3.05) is 34.0 Å². The zero-order chi connectivity index (χ0) is 28.6. The van der Waals surface area contributed by atoms with Crippen LogP contribution in [0.5, 0.6) is 0 Å². The minimum Gasteiger partial charge on any atom is -0.467 e. The molecule has 13 heteroatoms. The van der Waals surface area contributed by atoms with Crippen molar-refractivity contribution in [3.05, 3.63) is 35.9 Å². The van der Waals surface area contributed by atoms with E-state index in [1.807, 2.05) is 30.3 Å². The van der Waals surface area contributed by atoms with Crippen LogP contribution in [-0.2, 0) is 39.4 Å². The number of nitrogens with one attached hydrogen (secondary N) is 3. The molecular formula is C25H42N3O9P. The first-order valence-corrected chi connectivity index (χ1v) is 14.1. The van der Waals surface area contributed by atoms with Crippen molar-refractivity contribution in [1.29, 1.82) is 0 Å². The van der Waals surface area contributed by atoms with Crippen LogP contribution in [-0.4, -0.2) is 69.6 Å². The molecule has 2 amide bonds. The summed E-state index contributed by atoms with van der Waals surface area (Å²) in [6.07, 6.45) is -0.190. The standard InChI is InChI=1S/C25H42N3O9P/c1-19(27-23(30)35-18-20-12-8-7-9-13-20)38(32,36-17-16-33-5)26-15-11-10-14-21(22(29)34-6)28-24(31)37-25(2,3)4/h7-9,12-13,19,21H,10-11,14-18H2,1-6H3,(H,26,32)(H,27,30)(H,28,31)/t19?,21-,38?/m0/s1. The van der Waals surface area contributed by atoms with Crippen molar-refractivity contribution in [3.8, 4) is 0 Å². The van der Waals surface area contributed by atoms with Crippen LogP contribution >= 0.6 is 7.52 Å². The predicted octanol–water partition coefficient (Wildman–Crippen LogP) is 3.94. The molecule has 0 spiro atoms. The monoisotopic (exact) mass is 559 g/mol. The van der Waals surface area contributed by atoms with Crippen molar-refractivity contribution in [3.63, 3.8) is 0 Å². The highest BCUT2D eigenvalue weighted by Crippen LogP contribution is 2.46. The molecule has 0 saturated heterocycles. The maximum absolute atomic E-state index is 13.5. The van der Waals surface area contributed by atoms with Gasteiger partial charge in [-0.2, -0.15) is 0 Å². The second-order valence-electron chi connectivity index (χ2n) is 9.43. The SMILES string of the molecule is COCCOP(=O)(NCCCC[C@H](NC(=O)OC(C)(C)C)C(=O)OC)C(C)NC(=O)OCc1ccccc1. The molecule has 0 aliphatic heterocycles. The van der Waals surface area contributed by atoms with Crippen LogP contribution in [0.1, 0.15) is 52.5 Å². The van der Waals surface area contributed by atoms with Crippen molar-refractivity contribution in [2.45, 2.75) is 71.0 Å². The van der Waals surface area contributed by atoms with E-state index in [0.29, 0.717) is 12.8 Å². The molecule has 0 aromatic heterocycles. The number of rotatable bonds is 16. The molecule has 3 atom stereocenters. The quantitative estimate of drug-likeness (QED) is 0.118. The first-order valence-electron chi connectivity index (χ1n) is 12.4. The van der Waals surface area contributed by atoms with Crippen LogP contribution in [0.4, 0.5) is 9.59 Å². The van der Waals surface area contributed by atoms with Gasteiger partial charge in [-0.25, -0.2) is 19.5 Å². The lowest BCUT2D eigenvalue weighted by atomic mass is 10.1. The third kappa shape index (κ3) is 13.8. The fourth-order valence-corrected chi connectivity index (χ4v) is 4.80. The number of ether oxygens (including phenoxy) is 4. The molecule has 0 fully saturated rings. The van der Waals surface area contributed by atoms with Gasteiger partial charge in [0.1, 0.15) is 24.0 Å². The summed E-state index contributed by atoms with van der Waals surface area (Å²) in [5.74, 6) is -1.48. The first kappa shape index (κ1) is 33.4. The zero-order valence-corrected chi connectivity index (χ0v) is 24.0. The zero-order valence-electron chi connectivity index (χ0n) is 23.1. The molecule has 3 N–H and O–H groups in total. The normalized spacial score (nSPS) is 14.5. The molecule has 0 saturated carbocycles. The average molecular weight is 560 g/mol. The molecule has 12 nitrogen and oxygen atoms in total. The maximum Gasteiger partial charge on any atom is 0.408 e. The Hall–Kier alpha value is -2.66. The summed E-state index contributed by atoms with van der Waals surface area (Å²) >= 11 is 0. The molecule has 1 aromatic carbocycles. The Labute approximate surface area is 224 Å². The van der Waals surface area contributed by atoms with E-state index >= 15 is 0 Å². The number of benzene rings is 1. The van der Waals surface area contributed by atoms with Crippen LogP contribution in [0.3, 0.4) is 0 Å². The van der Waals surface area contributed by atoms with E-state index in [0.717, 1.165) is 5.56 Å². The summed E-state index contributed by atoms with van der Waals surface area (Å²) in [6.45, 7) is 7.31. The average Bonchev–Trinajstić information content (AvgIpc) is 2.85. The van der Waals surface area contributed by atoms with E-state index in [2.05, 4.69) is 15.7 Å². The van der Waals surface area contributed by atoms with Crippen LogP contribution in [0.25, 0.3) is 0 Å². The van der Waals surface area contributed by atoms with Gasteiger partial charge in [-0.3, -0.25) is 4.57 Å². The Morgan fingerprint density at radius 2 is 1.66 bits per heavy atom. The van der Waals surface area contributed by atoms with Gasteiger partial charge in [-0.15, -0.1) is 0 Å². The number of amides is 2. The smallest absolute Gasteiger partial charge is 0.408 e. The molecule has 1 aromatic rings. The Bertz CT molecular complexity index is 909. The summed E-state index contributed by atoms with van der Waals surface area (Å²) in [6, 6.07) is 8.29. The molecule has 0 heterocycles. The predicted molar refractivity (Wildman–Crippen MR) is 142 cm³/mol. The third-order valence-corrected chi connectivity index (χ3v) is 7.43. The molecular weight excluding hydrogens is 517 g/mol. The third-order valence-electron chi connectivity index (χ3n) is 5.05. The Kier molecular flexibility index (Phi) is 15.0. The number of carbonyl (C=O) groups excluding carboxylic acids is 3. The number of unbranched alkanes of at least 4 members (excludes halogenated alkanes) is 1. The van der Waals surface area contributed by atoms with E-state index in [9.17, 15) is 18.9 Å². The lowest BCUT2D eigenvalue weighted by Gasteiger charge is -2.26. The van der Waals surface area contributed by atoms with Crippen molar-refractivity contribution in [2.24, 2.45) is 0 Å². The van der Waals surface area contributed by atoms with Gasteiger partial charge in [0.25, 0.3) is 7.52 Å².